The molecule has 0 bridgehead atoms. The minimum Gasteiger partial charge on any atom is -0.469 e. The summed E-state index contributed by atoms with van der Waals surface area (Å²) in [5.41, 5.74) is -0.792. The zero-order valence-corrected chi connectivity index (χ0v) is 10.5. The molecule has 0 aliphatic rings. The van der Waals surface area contributed by atoms with Crippen molar-refractivity contribution in [1.29, 1.82) is 0 Å². The maximum absolute atomic E-state index is 12.9. The molecule has 2 unspecified atom stereocenters. The van der Waals surface area contributed by atoms with E-state index in [4.69, 9.17) is 0 Å². The Hall–Kier alpha value is -1.49. The van der Waals surface area contributed by atoms with E-state index < -0.39 is 23.9 Å². The number of aryl methyl sites for hydroxylation is 1. The van der Waals surface area contributed by atoms with Gasteiger partial charge in [-0.3, -0.25) is 4.79 Å². The Kier molecular flexibility index (Phi) is 4.40. The molecule has 1 aromatic carbocycles. The average Bonchev–Trinajstić information content (AvgIpc) is 2.28. The quantitative estimate of drug-likeness (QED) is 0.843. The van der Waals surface area contributed by atoms with Crippen LogP contribution in [0.1, 0.15) is 18.1 Å². The molecule has 0 amide bonds. The second-order valence-corrected chi connectivity index (χ2v) is 4.35. The number of ether oxygens (including phenoxy) is 1. The minimum atomic E-state index is -3.01. The maximum Gasteiger partial charge on any atom is 0.317 e. The van der Waals surface area contributed by atoms with Gasteiger partial charge in [-0.05, 0) is 19.4 Å². The summed E-state index contributed by atoms with van der Waals surface area (Å²) in [6.45, 7) is 3.02. The molecule has 0 aliphatic heterocycles. The summed E-state index contributed by atoms with van der Waals surface area (Å²) >= 11 is 0. The Morgan fingerprint density at radius 2 is 1.83 bits per heavy atom. The summed E-state index contributed by atoms with van der Waals surface area (Å²) in [5, 5.41) is 10.2. The van der Waals surface area contributed by atoms with E-state index >= 15 is 0 Å². The molecule has 3 nitrogen and oxygen atoms in total. The molecule has 18 heavy (non-hydrogen) atoms. The van der Waals surface area contributed by atoms with Crippen molar-refractivity contribution in [3.8, 4) is 0 Å². The van der Waals surface area contributed by atoms with Crippen LogP contribution in [0.2, 0.25) is 0 Å². The third-order valence-corrected chi connectivity index (χ3v) is 2.95. The number of hydrogen-bond acceptors (Lipinski definition) is 3. The lowest BCUT2D eigenvalue weighted by atomic mass is 9.82. The Morgan fingerprint density at radius 3 is 2.22 bits per heavy atom. The van der Waals surface area contributed by atoms with Crippen molar-refractivity contribution in [2.75, 3.05) is 7.11 Å². The molecule has 2 atom stereocenters. The zero-order chi connectivity index (χ0) is 13.9. The lowest BCUT2D eigenvalue weighted by molar-refractivity contribution is -0.167. The van der Waals surface area contributed by atoms with Crippen molar-refractivity contribution in [3.63, 3.8) is 0 Å². The van der Waals surface area contributed by atoms with Gasteiger partial charge in [0.1, 0.15) is 11.5 Å². The molecule has 1 rings (SSSR count). The van der Waals surface area contributed by atoms with E-state index in [-0.39, 0.29) is 5.56 Å². The van der Waals surface area contributed by atoms with Gasteiger partial charge in [0.15, 0.2) is 0 Å². The third-order valence-electron chi connectivity index (χ3n) is 2.95. The molecule has 5 heteroatoms. The van der Waals surface area contributed by atoms with E-state index in [2.05, 4.69) is 4.74 Å². The van der Waals surface area contributed by atoms with Gasteiger partial charge in [-0.15, -0.1) is 0 Å². The van der Waals surface area contributed by atoms with Crippen LogP contribution < -0.4 is 0 Å². The molecule has 1 N–H and O–H groups in total. The number of benzene rings is 1. The Bertz CT molecular complexity index is 413. The van der Waals surface area contributed by atoms with Crippen LogP contribution in [0.3, 0.4) is 0 Å². The number of alkyl halides is 2. The molecule has 0 aliphatic carbocycles. The molecule has 0 saturated carbocycles. The normalized spacial score (nSPS) is 16.2. The van der Waals surface area contributed by atoms with Gasteiger partial charge in [-0.25, -0.2) is 8.78 Å². The van der Waals surface area contributed by atoms with E-state index in [1.54, 1.807) is 12.1 Å². The van der Waals surface area contributed by atoms with E-state index in [0.29, 0.717) is 0 Å². The van der Waals surface area contributed by atoms with E-state index in [1.165, 1.54) is 19.1 Å². The highest BCUT2D eigenvalue weighted by Gasteiger charge is 2.46. The number of aliphatic hydroxyl groups is 1. The predicted octanol–water partition coefficient (Wildman–Crippen LogP) is 2.26. The minimum absolute atomic E-state index is 0.254. The average molecular weight is 258 g/mol. The first-order chi connectivity index (χ1) is 8.30. The van der Waals surface area contributed by atoms with E-state index in [1.807, 2.05) is 6.92 Å². The van der Waals surface area contributed by atoms with Crippen LogP contribution in [0.25, 0.3) is 0 Å². The highest BCUT2D eigenvalue weighted by molar-refractivity contribution is 5.74. The number of carbonyl (C=O) groups excluding carboxylic acids is 1. The smallest absolute Gasteiger partial charge is 0.317 e. The summed E-state index contributed by atoms with van der Waals surface area (Å²) in [6, 6.07) is 6.41. The van der Waals surface area contributed by atoms with Gasteiger partial charge in [-0.2, -0.15) is 0 Å². The first-order valence-corrected chi connectivity index (χ1v) is 5.46. The van der Waals surface area contributed by atoms with Crippen molar-refractivity contribution in [2.45, 2.75) is 25.9 Å². The summed E-state index contributed by atoms with van der Waals surface area (Å²) in [6.07, 6.45) is -3.01. The van der Waals surface area contributed by atoms with Crippen molar-refractivity contribution < 1.29 is 23.4 Å². The van der Waals surface area contributed by atoms with Gasteiger partial charge in [-0.1, -0.05) is 29.8 Å². The number of methoxy groups -OCH3 is 1. The topological polar surface area (TPSA) is 46.5 Å². The molecular weight excluding hydrogens is 242 g/mol. The molecule has 0 saturated heterocycles. The van der Waals surface area contributed by atoms with Crippen molar-refractivity contribution in [1.82, 2.24) is 0 Å². The summed E-state index contributed by atoms with van der Waals surface area (Å²) in [7, 11) is 1.02. The van der Waals surface area contributed by atoms with Gasteiger partial charge in [0.2, 0.25) is 0 Å². The van der Waals surface area contributed by atoms with Gasteiger partial charge < -0.3 is 9.84 Å². The number of hydrogen-bond donors (Lipinski definition) is 1. The van der Waals surface area contributed by atoms with Gasteiger partial charge in [0.05, 0.1) is 7.11 Å². The van der Waals surface area contributed by atoms with Crippen molar-refractivity contribution in [3.05, 3.63) is 35.4 Å². The van der Waals surface area contributed by atoms with Gasteiger partial charge in [0.25, 0.3) is 6.43 Å². The lowest BCUT2D eigenvalue weighted by Crippen LogP contribution is -2.42. The number of rotatable bonds is 4. The fourth-order valence-electron chi connectivity index (χ4n) is 1.78. The summed E-state index contributed by atoms with van der Waals surface area (Å²) in [4.78, 5) is 11.4. The van der Waals surface area contributed by atoms with Crippen LogP contribution >= 0.6 is 0 Å². The fourth-order valence-corrected chi connectivity index (χ4v) is 1.78. The first-order valence-electron chi connectivity index (χ1n) is 5.46. The molecule has 0 radical (unpaired) electrons. The highest BCUT2D eigenvalue weighted by Crippen LogP contribution is 2.34. The van der Waals surface area contributed by atoms with Crippen LogP contribution in [-0.2, 0) is 15.1 Å². The fraction of sp³-hybridized carbons (Fsp3) is 0.462. The second kappa shape index (κ2) is 5.44. The summed E-state index contributed by atoms with van der Waals surface area (Å²) in [5.74, 6) is -3.04. The van der Waals surface area contributed by atoms with Crippen LogP contribution in [-0.4, -0.2) is 24.6 Å². The van der Waals surface area contributed by atoms with Gasteiger partial charge >= 0.3 is 5.97 Å². The Balaban J connectivity index is 3.16. The molecule has 100 valence electrons. The second-order valence-electron chi connectivity index (χ2n) is 4.35. The molecular formula is C13H16F2O3. The Morgan fingerprint density at radius 1 is 1.33 bits per heavy atom. The SMILES string of the molecule is COC(=O)C(C(F)F)C(C)(O)c1ccc(C)cc1. The highest BCUT2D eigenvalue weighted by atomic mass is 19.3. The standard InChI is InChI=1S/C13H16F2O3/c1-8-4-6-9(7-5-8)13(2,17)10(11(14)15)12(16)18-3/h4-7,10-11,17H,1-3H3. The molecule has 0 aromatic heterocycles. The molecule has 1 aromatic rings. The van der Waals surface area contributed by atoms with Crippen molar-refractivity contribution >= 4 is 5.97 Å². The molecule has 0 heterocycles. The molecule has 0 spiro atoms. The van der Waals surface area contributed by atoms with Crippen LogP contribution in [0.15, 0.2) is 24.3 Å². The monoisotopic (exact) mass is 258 g/mol. The zero-order valence-electron chi connectivity index (χ0n) is 10.5. The molecule has 0 fully saturated rings. The maximum atomic E-state index is 12.9. The van der Waals surface area contributed by atoms with E-state index in [0.717, 1.165) is 12.7 Å². The number of esters is 1. The van der Waals surface area contributed by atoms with Crippen LogP contribution in [0, 0.1) is 12.8 Å². The number of carbonyl (C=O) groups is 1. The first kappa shape index (κ1) is 14.6. The predicted molar refractivity (Wildman–Crippen MR) is 62.3 cm³/mol. The van der Waals surface area contributed by atoms with Gasteiger partial charge in [0, 0.05) is 0 Å². The Labute approximate surface area is 104 Å². The van der Waals surface area contributed by atoms with Crippen molar-refractivity contribution in [2.24, 2.45) is 5.92 Å². The lowest BCUT2D eigenvalue weighted by Gasteiger charge is -2.30. The van der Waals surface area contributed by atoms with E-state index in [9.17, 15) is 18.7 Å². The van der Waals surface area contributed by atoms with Crippen LogP contribution in [0.5, 0.6) is 0 Å². The largest absolute Gasteiger partial charge is 0.469 e. The summed E-state index contributed by atoms with van der Waals surface area (Å²) < 4.78 is 30.2. The van der Waals surface area contributed by atoms with Crippen LogP contribution in [0.4, 0.5) is 8.78 Å². The number of halogens is 2. The third kappa shape index (κ3) is 2.85.